The summed E-state index contributed by atoms with van der Waals surface area (Å²) in [7, 11) is 0. The zero-order valence-electron chi connectivity index (χ0n) is 12.1. The Labute approximate surface area is 121 Å². The van der Waals surface area contributed by atoms with Crippen molar-refractivity contribution in [3.8, 4) is 6.07 Å². The smallest absolute Gasteiger partial charge is 0.122 e. The maximum Gasteiger partial charge on any atom is 0.122 e. The minimum atomic E-state index is -0.233. The normalized spacial score (nSPS) is 28.4. The van der Waals surface area contributed by atoms with E-state index in [1.165, 1.54) is 18.4 Å². The maximum absolute atomic E-state index is 9.77. The van der Waals surface area contributed by atoms with Crippen molar-refractivity contribution in [3.05, 3.63) is 35.9 Å². The monoisotopic (exact) mass is 269 g/mol. The van der Waals surface area contributed by atoms with Crippen molar-refractivity contribution < 1.29 is 0 Å². The number of nitriles is 1. The van der Waals surface area contributed by atoms with E-state index in [2.05, 4.69) is 46.2 Å². The van der Waals surface area contributed by atoms with Gasteiger partial charge in [-0.25, -0.2) is 0 Å². The fraction of sp³-hybridized carbons (Fsp3) is 0.588. The molecule has 0 saturated carbocycles. The van der Waals surface area contributed by atoms with Gasteiger partial charge in [-0.1, -0.05) is 30.3 Å². The topological polar surface area (TPSA) is 30.3 Å². The summed E-state index contributed by atoms with van der Waals surface area (Å²) in [4.78, 5) is 4.89. The number of likely N-dealkylation sites (tertiary alicyclic amines) is 2. The van der Waals surface area contributed by atoms with Crippen LogP contribution in [0.4, 0.5) is 0 Å². The summed E-state index contributed by atoms with van der Waals surface area (Å²) in [5, 5.41) is 9.77. The molecule has 3 heteroatoms. The van der Waals surface area contributed by atoms with Crippen LogP contribution >= 0.6 is 0 Å². The van der Waals surface area contributed by atoms with Crippen molar-refractivity contribution in [1.82, 2.24) is 9.80 Å². The molecule has 2 saturated heterocycles. The van der Waals surface area contributed by atoms with Gasteiger partial charge < -0.3 is 0 Å². The maximum atomic E-state index is 9.77. The second kappa shape index (κ2) is 5.95. The fourth-order valence-electron chi connectivity index (χ4n) is 3.66. The van der Waals surface area contributed by atoms with E-state index in [9.17, 15) is 5.26 Å². The number of nitrogens with zero attached hydrogens (tertiary/aromatic N) is 3. The van der Waals surface area contributed by atoms with Crippen molar-refractivity contribution in [2.24, 2.45) is 0 Å². The predicted octanol–water partition coefficient (Wildman–Crippen LogP) is 2.64. The fourth-order valence-corrected chi connectivity index (χ4v) is 3.66. The Kier molecular flexibility index (Phi) is 4.05. The van der Waals surface area contributed by atoms with Crippen LogP contribution in [0.1, 0.15) is 31.2 Å². The van der Waals surface area contributed by atoms with E-state index < -0.39 is 0 Å². The lowest BCUT2D eigenvalue weighted by molar-refractivity contribution is 0.0628. The molecule has 1 aromatic rings. The van der Waals surface area contributed by atoms with E-state index in [4.69, 9.17) is 0 Å². The first-order chi connectivity index (χ1) is 9.82. The molecule has 3 nitrogen and oxygen atoms in total. The Morgan fingerprint density at radius 3 is 2.50 bits per heavy atom. The van der Waals surface area contributed by atoms with Gasteiger partial charge in [0.2, 0.25) is 0 Å². The first-order valence-electron chi connectivity index (χ1n) is 7.75. The van der Waals surface area contributed by atoms with E-state index in [0.717, 1.165) is 45.6 Å². The second-order valence-corrected chi connectivity index (χ2v) is 6.14. The SMILES string of the molecule is N#CC1(N2CCCC2)CCCN(Cc2ccccc2)C1. The molecule has 3 rings (SSSR count). The number of benzene rings is 1. The summed E-state index contributed by atoms with van der Waals surface area (Å²) in [5.74, 6) is 0. The molecule has 2 heterocycles. The summed E-state index contributed by atoms with van der Waals surface area (Å²) >= 11 is 0. The lowest BCUT2D eigenvalue weighted by Gasteiger charge is -2.43. The zero-order chi connectivity index (χ0) is 13.8. The highest BCUT2D eigenvalue weighted by atomic mass is 15.3. The largest absolute Gasteiger partial charge is 0.296 e. The highest BCUT2D eigenvalue weighted by molar-refractivity contribution is 5.17. The lowest BCUT2D eigenvalue weighted by Crippen LogP contribution is -2.56. The summed E-state index contributed by atoms with van der Waals surface area (Å²) in [5.41, 5.74) is 1.12. The Morgan fingerprint density at radius 2 is 1.80 bits per heavy atom. The van der Waals surface area contributed by atoms with Crippen LogP contribution in [0.2, 0.25) is 0 Å². The first-order valence-corrected chi connectivity index (χ1v) is 7.75. The molecule has 2 aliphatic rings. The van der Waals surface area contributed by atoms with Crippen molar-refractivity contribution in [2.75, 3.05) is 26.2 Å². The zero-order valence-corrected chi connectivity index (χ0v) is 12.1. The quantitative estimate of drug-likeness (QED) is 0.845. The average molecular weight is 269 g/mol. The Morgan fingerprint density at radius 1 is 1.05 bits per heavy atom. The van der Waals surface area contributed by atoms with Gasteiger partial charge in [0.15, 0.2) is 0 Å². The van der Waals surface area contributed by atoms with Gasteiger partial charge in [-0.2, -0.15) is 5.26 Å². The van der Waals surface area contributed by atoms with Gasteiger partial charge in [0.1, 0.15) is 5.54 Å². The van der Waals surface area contributed by atoms with Crippen LogP contribution in [-0.4, -0.2) is 41.5 Å². The molecule has 0 aliphatic carbocycles. The minimum Gasteiger partial charge on any atom is -0.296 e. The van der Waals surface area contributed by atoms with Crippen LogP contribution < -0.4 is 0 Å². The van der Waals surface area contributed by atoms with Gasteiger partial charge in [-0.05, 0) is 50.9 Å². The van der Waals surface area contributed by atoms with Crippen molar-refractivity contribution in [1.29, 1.82) is 5.26 Å². The van der Waals surface area contributed by atoms with Crippen molar-refractivity contribution >= 4 is 0 Å². The molecule has 0 radical (unpaired) electrons. The average Bonchev–Trinajstić information content (AvgIpc) is 3.03. The molecular weight excluding hydrogens is 246 g/mol. The first kappa shape index (κ1) is 13.6. The molecule has 0 amide bonds. The molecule has 1 unspecified atom stereocenters. The Balaban J connectivity index is 1.70. The van der Waals surface area contributed by atoms with E-state index in [1.54, 1.807) is 0 Å². The Bertz CT molecular complexity index is 473. The summed E-state index contributed by atoms with van der Waals surface area (Å²) in [6.07, 6.45) is 4.68. The van der Waals surface area contributed by atoms with Gasteiger partial charge in [0.05, 0.1) is 6.07 Å². The molecule has 2 fully saturated rings. The summed E-state index contributed by atoms with van der Waals surface area (Å²) in [6.45, 7) is 5.20. The molecule has 0 spiro atoms. The van der Waals surface area contributed by atoms with Crippen LogP contribution in [0.3, 0.4) is 0 Å². The molecule has 20 heavy (non-hydrogen) atoms. The summed E-state index contributed by atoms with van der Waals surface area (Å²) in [6, 6.07) is 13.3. The van der Waals surface area contributed by atoms with E-state index in [1.807, 2.05) is 0 Å². The van der Waals surface area contributed by atoms with E-state index in [-0.39, 0.29) is 5.54 Å². The van der Waals surface area contributed by atoms with Gasteiger partial charge in [0, 0.05) is 13.1 Å². The summed E-state index contributed by atoms with van der Waals surface area (Å²) < 4.78 is 0. The molecule has 2 aliphatic heterocycles. The van der Waals surface area contributed by atoms with Crippen LogP contribution in [0.15, 0.2) is 30.3 Å². The third kappa shape index (κ3) is 2.72. The standard InChI is InChI=1S/C17H23N3/c18-14-17(20-11-4-5-12-20)9-6-10-19(15-17)13-16-7-2-1-3-8-16/h1-3,7-8H,4-6,9-13,15H2. The third-order valence-electron chi connectivity index (χ3n) is 4.72. The highest BCUT2D eigenvalue weighted by Gasteiger charge is 2.41. The lowest BCUT2D eigenvalue weighted by atomic mass is 9.88. The molecule has 0 aromatic heterocycles. The Hall–Kier alpha value is -1.37. The molecule has 1 atom stereocenters. The predicted molar refractivity (Wildman–Crippen MR) is 80.1 cm³/mol. The van der Waals surface area contributed by atoms with Gasteiger partial charge in [-0.15, -0.1) is 0 Å². The number of piperidine rings is 1. The second-order valence-electron chi connectivity index (χ2n) is 6.14. The number of hydrogen-bond donors (Lipinski definition) is 0. The number of hydrogen-bond acceptors (Lipinski definition) is 3. The van der Waals surface area contributed by atoms with Gasteiger partial charge >= 0.3 is 0 Å². The number of rotatable bonds is 3. The minimum absolute atomic E-state index is 0.233. The van der Waals surface area contributed by atoms with Crippen LogP contribution in [0, 0.1) is 11.3 Å². The third-order valence-corrected chi connectivity index (χ3v) is 4.72. The van der Waals surface area contributed by atoms with E-state index in [0.29, 0.717) is 0 Å². The van der Waals surface area contributed by atoms with Crippen molar-refractivity contribution in [2.45, 2.75) is 37.8 Å². The van der Waals surface area contributed by atoms with Crippen LogP contribution in [-0.2, 0) is 6.54 Å². The molecule has 0 bridgehead atoms. The van der Waals surface area contributed by atoms with Crippen LogP contribution in [0.25, 0.3) is 0 Å². The molecule has 106 valence electrons. The van der Waals surface area contributed by atoms with E-state index >= 15 is 0 Å². The molecule has 0 N–H and O–H groups in total. The van der Waals surface area contributed by atoms with Crippen molar-refractivity contribution in [3.63, 3.8) is 0 Å². The van der Waals surface area contributed by atoms with Gasteiger partial charge in [0.25, 0.3) is 0 Å². The molecule has 1 aromatic carbocycles. The highest BCUT2D eigenvalue weighted by Crippen LogP contribution is 2.31. The molecular formula is C17H23N3. The van der Waals surface area contributed by atoms with Crippen LogP contribution in [0.5, 0.6) is 0 Å². The van der Waals surface area contributed by atoms with Gasteiger partial charge in [-0.3, -0.25) is 9.80 Å².